The summed E-state index contributed by atoms with van der Waals surface area (Å²) in [6.07, 6.45) is 1.72. The third-order valence-corrected chi connectivity index (χ3v) is 5.44. The molecule has 0 aliphatic heterocycles. The summed E-state index contributed by atoms with van der Waals surface area (Å²) in [5.41, 5.74) is 4.81. The van der Waals surface area contributed by atoms with Crippen molar-refractivity contribution in [1.29, 1.82) is 0 Å². The highest BCUT2D eigenvalue weighted by Gasteiger charge is 2.20. The van der Waals surface area contributed by atoms with E-state index >= 15 is 0 Å². The first-order valence-electron chi connectivity index (χ1n) is 9.18. The second kappa shape index (κ2) is 10.0. The van der Waals surface area contributed by atoms with Gasteiger partial charge in [0.25, 0.3) is 4.88 Å². The molecule has 0 bridgehead atoms. The van der Waals surface area contributed by atoms with Gasteiger partial charge < -0.3 is 9.32 Å². The molecule has 0 amide bonds. The lowest BCUT2D eigenvalue weighted by molar-refractivity contribution is -2.00. The van der Waals surface area contributed by atoms with Crippen molar-refractivity contribution in [2.24, 2.45) is 0 Å². The molecule has 2 heterocycles. The highest BCUT2D eigenvalue weighted by molar-refractivity contribution is 7.18. The molecule has 0 atom stereocenters. The van der Waals surface area contributed by atoms with Gasteiger partial charge >= 0.3 is 0 Å². The van der Waals surface area contributed by atoms with Crippen molar-refractivity contribution in [2.45, 2.75) is 0 Å². The highest BCUT2D eigenvalue weighted by Crippen LogP contribution is 2.37. The fraction of sp³-hybridized carbons (Fsp3) is 0.0870. The van der Waals surface area contributed by atoms with Crippen LogP contribution in [0.3, 0.4) is 0 Å². The molecule has 0 radical (unpaired) electrons. The Morgan fingerprint density at radius 1 is 0.710 bits per heavy atom. The van der Waals surface area contributed by atoms with Crippen LogP contribution in [-0.4, -0.2) is 14.1 Å². The van der Waals surface area contributed by atoms with Gasteiger partial charge in [0, 0.05) is 37.5 Å². The number of furan rings is 1. The minimum atomic E-state index is -4.94. The number of halogens is 1. The molecule has 31 heavy (non-hydrogen) atoms. The van der Waals surface area contributed by atoms with Crippen LogP contribution >= 0.6 is 11.3 Å². The molecule has 0 unspecified atom stereocenters. The van der Waals surface area contributed by atoms with E-state index in [1.807, 2.05) is 18.2 Å². The molecule has 8 heteroatoms. The van der Waals surface area contributed by atoms with Gasteiger partial charge in [0.05, 0.1) is 6.26 Å². The summed E-state index contributed by atoms with van der Waals surface area (Å²) in [6.45, 7) is 0. The Morgan fingerprint density at radius 2 is 1.32 bits per heavy atom. The van der Waals surface area contributed by atoms with Gasteiger partial charge in [-0.25, -0.2) is 18.6 Å². The van der Waals surface area contributed by atoms with Gasteiger partial charge in [0.1, 0.15) is 0 Å². The number of nitrogens with zero attached hydrogens (tertiary/aromatic N) is 1. The van der Waals surface area contributed by atoms with Crippen LogP contribution in [0.4, 0.5) is 5.69 Å². The van der Waals surface area contributed by atoms with Crippen molar-refractivity contribution < 1.29 is 33.3 Å². The average molecular weight is 458 g/mol. The van der Waals surface area contributed by atoms with E-state index in [2.05, 4.69) is 79.7 Å². The van der Waals surface area contributed by atoms with Gasteiger partial charge in [0.15, 0.2) is 5.76 Å². The summed E-state index contributed by atoms with van der Waals surface area (Å²) in [5.74, 6) is 0.902. The Balaban J connectivity index is 0.000000491. The smallest absolute Gasteiger partial charge is 0.274 e. The van der Waals surface area contributed by atoms with Crippen LogP contribution in [0.2, 0.25) is 0 Å². The third kappa shape index (κ3) is 6.86. The van der Waals surface area contributed by atoms with E-state index in [0.29, 0.717) is 0 Å². The summed E-state index contributed by atoms with van der Waals surface area (Å²) in [7, 11) is -0.830. The minimum absolute atomic E-state index is 0.902. The molecular formula is C23H20ClNO5S. The maximum Gasteiger partial charge on any atom is 0.274 e. The minimum Gasteiger partial charge on any atom is -0.459 e. The first kappa shape index (κ1) is 22.9. The van der Waals surface area contributed by atoms with Crippen LogP contribution in [-0.2, 0) is 0 Å². The van der Waals surface area contributed by atoms with Crippen molar-refractivity contribution in [1.82, 2.24) is 0 Å². The quantitative estimate of drug-likeness (QED) is 0.433. The van der Waals surface area contributed by atoms with Crippen LogP contribution in [0.15, 0.2) is 89.5 Å². The number of hydrogen-bond donors (Lipinski definition) is 0. The molecule has 0 fully saturated rings. The molecule has 6 nitrogen and oxygen atoms in total. The first-order chi connectivity index (χ1) is 14.7. The Kier molecular flexibility index (Phi) is 7.40. The van der Waals surface area contributed by atoms with Gasteiger partial charge in [-0.05, 0) is 47.5 Å². The van der Waals surface area contributed by atoms with E-state index in [-0.39, 0.29) is 0 Å². The lowest BCUT2D eigenvalue weighted by Gasteiger charge is -2.17. The van der Waals surface area contributed by atoms with Crippen LogP contribution in [0.25, 0.3) is 32.2 Å². The standard InChI is InChI=1S/C23H20NOS.ClHO4/c1-24(2)20-12-10-17(11-13-20)19-15-22(18-7-4-3-5-8-18)26-23(16-19)21-9-6-14-25-21;2-1(3,4)5/h3-16H,1-2H3;(H,2,3,4,5)/q+1;/p-1. The van der Waals surface area contributed by atoms with Crippen LogP contribution in [0.1, 0.15) is 0 Å². The Bertz CT molecular complexity index is 1090. The molecule has 0 spiro atoms. The predicted octanol–water partition coefficient (Wildman–Crippen LogP) is 1.93. The number of anilines is 1. The lowest BCUT2D eigenvalue weighted by Crippen LogP contribution is -2.68. The van der Waals surface area contributed by atoms with Gasteiger partial charge in [-0.1, -0.05) is 30.3 Å². The summed E-state index contributed by atoms with van der Waals surface area (Å²) < 4.78 is 39.6. The van der Waals surface area contributed by atoms with Crippen molar-refractivity contribution in [2.75, 3.05) is 19.0 Å². The average Bonchev–Trinajstić information content (AvgIpc) is 3.28. The van der Waals surface area contributed by atoms with Gasteiger partial charge in [0.2, 0.25) is 16.2 Å². The maximum absolute atomic E-state index is 8.49. The summed E-state index contributed by atoms with van der Waals surface area (Å²) in [5, 5.41) is 0. The van der Waals surface area contributed by atoms with Gasteiger partial charge in [-0.15, -0.1) is 10.2 Å². The van der Waals surface area contributed by atoms with E-state index in [1.165, 1.54) is 27.3 Å². The Hall–Kier alpha value is -2.78. The van der Waals surface area contributed by atoms with Crippen LogP contribution in [0, 0.1) is 10.2 Å². The Morgan fingerprint density at radius 3 is 1.87 bits per heavy atom. The zero-order chi connectivity index (χ0) is 22.4. The summed E-state index contributed by atoms with van der Waals surface area (Å²) >= 11 is 1.75. The molecule has 0 saturated heterocycles. The van der Waals surface area contributed by atoms with Crippen molar-refractivity contribution in [3.63, 3.8) is 0 Å². The van der Waals surface area contributed by atoms with E-state index < -0.39 is 10.2 Å². The zero-order valence-corrected chi connectivity index (χ0v) is 18.4. The molecule has 2 aromatic heterocycles. The zero-order valence-electron chi connectivity index (χ0n) is 16.9. The van der Waals surface area contributed by atoms with Crippen LogP contribution < -0.4 is 23.5 Å². The number of benzene rings is 2. The second-order valence-corrected chi connectivity index (χ2v) is 8.58. The van der Waals surface area contributed by atoms with Gasteiger partial charge in [-0.3, -0.25) is 0 Å². The normalized spacial score (nSPS) is 10.9. The third-order valence-electron chi connectivity index (χ3n) is 4.33. The molecule has 4 aromatic rings. The highest BCUT2D eigenvalue weighted by atomic mass is 35.7. The van der Waals surface area contributed by atoms with Crippen LogP contribution in [0.5, 0.6) is 0 Å². The van der Waals surface area contributed by atoms with Crippen molar-refractivity contribution in [3.8, 4) is 32.2 Å². The second-order valence-electron chi connectivity index (χ2n) is 6.74. The molecular weight excluding hydrogens is 438 g/mol. The number of hydrogen-bond acceptors (Lipinski definition) is 6. The fourth-order valence-electron chi connectivity index (χ4n) is 2.91. The Labute approximate surface area is 186 Å². The maximum atomic E-state index is 8.49. The largest absolute Gasteiger partial charge is 0.459 e. The molecule has 160 valence electrons. The van der Waals surface area contributed by atoms with Crippen molar-refractivity contribution in [3.05, 3.63) is 85.1 Å². The molecule has 0 saturated carbocycles. The van der Waals surface area contributed by atoms with Gasteiger partial charge in [-0.2, -0.15) is 0 Å². The van der Waals surface area contributed by atoms with Crippen molar-refractivity contribution >= 4 is 17.0 Å². The molecule has 4 rings (SSSR count). The fourth-order valence-corrected chi connectivity index (χ4v) is 3.98. The monoisotopic (exact) mass is 457 g/mol. The van der Waals surface area contributed by atoms with E-state index in [0.717, 1.165) is 10.6 Å². The summed E-state index contributed by atoms with van der Waals surface area (Å²) in [6, 6.07) is 27.6. The molecule has 2 aromatic carbocycles. The first-order valence-corrected chi connectivity index (χ1v) is 11.2. The molecule has 0 aliphatic carbocycles. The topological polar surface area (TPSA) is 109 Å². The van der Waals surface area contributed by atoms with E-state index in [1.54, 1.807) is 17.6 Å². The predicted molar refractivity (Wildman–Crippen MR) is 112 cm³/mol. The van der Waals surface area contributed by atoms with E-state index in [9.17, 15) is 0 Å². The summed E-state index contributed by atoms with van der Waals surface area (Å²) in [4.78, 5) is 4.47. The molecule has 0 aliphatic rings. The SMILES string of the molecule is CN(C)c1ccc(-c2cc(-c3ccccc3)[s+]c(-c3ccco3)c2)cc1.[O-][Cl+3]([O-])([O-])[O-]. The number of rotatable bonds is 4. The lowest BCUT2D eigenvalue weighted by atomic mass is 10.0. The van der Waals surface area contributed by atoms with E-state index in [4.69, 9.17) is 23.1 Å². The molecule has 0 N–H and O–H groups in total.